The first kappa shape index (κ1) is 10.4. The number of amides is 1. The molecule has 0 aromatic rings. The lowest BCUT2D eigenvalue weighted by Gasteiger charge is -1.88. The van der Waals surface area contributed by atoms with E-state index < -0.39 is 0 Å². The van der Waals surface area contributed by atoms with Crippen LogP contribution in [-0.4, -0.2) is 19.2 Å². The summed E-state index contributed by atoms with van der Waals surface area (Å²) in [5.41, 5.74) is 1.58. The summed E-state index contributed by atoms with van der Waals surface area (Å²) in [5, 5.41) is 2.67. The molecule has 0 spiro atoms. The van der Waals surface area contributed by atoms with Crippen molar-refractivity contribution in [1.82, 2.24) is 5.32 Å². The van der Waals surface area contributed by atoms with Crippen LogP contribution in [0.2, 0.25) is 0 Å². The first-order valence-electron chi connectivity index (χ1n) is 3.34. The molecule has 0 radical (unpaired) electrons. The minimum absolute atomic E-state index is 0.0510. The maximum absolute atomic E-state index is 10.9. The van der Waals surface area contributed by atoms with Gasteiger partial charge in [-0.3, -0.25) is 4.79 Å². The Hall–Kier alpha value is -1.64. The third kappa shape index (κ3) is 1.92. The van der Waals surface area contributed by atoms with Gasteiger partial charge in [-0.1, -0.05) is 25.3 Å². The largest absolute Gasteiger partial charge is 0.348 e. The normalized spacial score (nSPS) is 14.5. The SMILES string of the molecule is C=CC1=C(C=C)C(=O)NC1.C=O. The molecule has 1 heterocycles. The molecule has 1 amide bonds. The van der Waals surface area contributed by atoms with Crippen LogP contribution in [-0.2, 0) is 9.59 Å². The Morgan fingerprint density at radius 3 is 2.17 bits per heavy atom. The predicted octanol–water partition coefficient (Wildman–Crippen LogP) is 0.600. The monoisotopic (exact) mass is 165 g/mol. The molecule has 0 aliphatic carbocycles. The number of hydrogen-bond acceptors (Lipinski definition) is 2. The highest BCUT2D eigenvalue weighted by Gasteiger charge is 2.16. The van der Waals surface area contributed by atoms with E-state index in [0.717, 1.165) is 5.57 Å². The van der Waals surface area contributed by atoms with E-state index in [2.05, 4.69) is 18.5 Å². The summed E-state index contributed by atoms with van der Waals surface area (Å²) in [6, 6.07) is 0. The van der Waals surface area contributed by atoms with Crippen LogP contribution in [0.15, 0.2) is 36.5 Å². The Labute approximate surface area is 71.5 Å². The summed E-state index contributed by atoms with van der Waals surface area (Å²) < 4.78 is 0. The average molecular weight is 165 g/mol. The summed E-state index contributed by atoms with van der Waals surface area (Å²) >= 11 is 0. The second kappa shape index (κ2) is 5.07. The number of carbonyl (C=O) groups excluding carboxylic acids is 2. The molecule has 3 nitrogen and oxygen atoms in total. The van der Waals surface area contributed by atoms with Crippen molar-refractivity contribution in [3.05, 3.63) is 36.5 Å². The van der Waals surface area contributed by atoms with Gasteiger partial charge in [-0.2, -0.15) is 0 Å². The quantitative estimate of drug-likeness (QED) is 0.651. The Balaban J connectivity index is 0.000000561. The van der Waals surface area contributed by atoms with Gasteiger partial charge in [0.05, 0.1) is 0 Å². The Morgan fingerprint density at radius 2 is 1.83 bits per heavy atom. The average Bonchev–Trinajstić information content (AvgIpc) is 2.49. The molecule has 1 aliphatic rings. The fourth-order valence-electron chi connectivity index (χ4n) is 0.918. The molecule has 0 atom stereocenters. The van der Waals surface area contributed by atoms with Crippen molar-refractivity contribution in [3.63, 3.8) is 0 Å². The predicted molar refractivity (Wildman–Crippen MR) is 47.6 cm³/mol. The van der Waals surface area contributed by atoms with E-state index in [0.29, 0.717) is 12.1 Å². The molecule has 3 heteroatoms. The molecular formula is C9H11NO2. The van der Waals surface area contributed by atoms with Gasteiger partial charge in [-0.15, -0.1) is 0 Å². The summed E-state index contributed by atoms with van der Waals surface area (Å²) in [6.07, 6.45) is 3.23. The third-order valence-electron chi connectivity index (χ3n) is 1.48. The Morgan fingerprint density at radius 1 is 1.25 bits per heavy atom. The summed E-state index contributed by atoms with van der Waals surface area (Å²) in [5.74, 6) is -0.0510. The molecule has 1 N–H and O–H groups in total. The molecule has 1 rings (SSSR count). The number of rotatable bonds is 2. The van der Waals surface area contributed by atoms with Crippen molar-refractivity contribution in [3.8, 4) is 0 Å². The van der Waals surface area contributed by atoms with Crippen molar-refractivity contribution in [2.24, 2.45) is 0 Å². The van der Waals surface area contributed by atoms with Gasteiger partial charge in [-0.05, 0) is 5.57 Å². The van der Waals surface area contributed by atoms with Gasteiger partial charge in [0.2, 0.25) is 0 Å². The molecule has 0 fully saturated rings. The van der Waals surface area contributed by atoms with Crippen LogP contribution in [0.1, 0.15) is 0 Å². The topological polar surface area (TPSA) is 46.2 Å². The van der Waals surface area contributed by atoms with E-state index in [4.69, 9.17) is 4.79 Å². The molecule has 1 aliphatic heterocycles. The lowest BCUT2D eigenvalue weighted by Crippen LogP contribution is -2.16. The zero-order chi connectivity index (χ0) is 9.56. The zero-order valence-corrected chi connectivity index (χ0v) is 6.80. The third-order valence-corrected chi connectivity index (χ3v) is 1.48. The van der Waals surface area contributed by atoms with E-state index in [1.54, 1.807) is 12.2 Å². The van der Waals surface area contributed by atoms with Crippen LogP contribution < -0.4 is 5.32 Å². The van der Waals surface area contributed by atoms with Crippen molar-refractivity contribution in [1.29, 1.82) is 0 Å². The molecular weight excluding hydrogens is 154 g/mol. The number of carbonyl (C=O) groups is 2. The van der Waals surface area contributed by atoms with E-state index in [9.17, 15) is 4.79 Å². The molecule has 0 aromatic heterocycles. The maximum Gasteiger partial charge on any atom is 0.251 e. The van der Waals surface area contributed by atoms with Gasteiger partial charge in [0, 0.05) is 12.1 Å². The van der Waals surface area contributed by atoms with Gasteiger partial charge >= 0.3 is 0 Å². The molecule has 0 saturated carbocycles. The Kier molecular flexibility index (Phi) is 4.38. The van der Waals surface area contributed by atoms with Crippen LogP contribution in [0.25, 0.3) is 0 Å². The first-order chi connectivity index (χ1) is 5.79. The molecule has 0 bridgehead atoms. The lowest BCUT2D eigenvalue weighted by molar-refractivity contribution is -0.116. The fourth-order valence-corrected chi connectivity index (χ4v) is 0.918. The van der Waals surface area contributed by atoms with Crippen molar-refractivity contribution < 1.29 is 9.59 Å². The molecule has 12 heavy (non-hydrogen) atoms. The van der Waals surface area contributed by atoms with Crippen molar-refractivity contribution in [2.75, 3.05) is 6.54 Å². The highest BCUT2D eigenvalue weighted by Crippen LogP contribution is 2.11. The van der Waals surface area contributed by atoms with Crippen LogP contribution in [0.5, 0.6) is 0 Å². The van der Waals surface area contributed by atoms with Gasteiger partial charge in [0.1, 0.15) is 6.79 Å². The highest BCUT2D eigenvalue weighted by molar-refractivity contribution is 6.00. The molecule has 64 valence electrons. The summed E-state index contributed by atoms with van der Waals surface area (Å²) in [7, 11) is 0. The molecule has 0 aromatic carbocycles. The highest BCUT2D eigenvalue weighted by atomic mass is 16.1. The minimum Gasteiger partial charge on any atom is -0.348 e. The summed E-state index contributed by atoms with van der Waals surface area (Å²) in [6.45, 7) is 9.69. The van der Waals surface area contributed by atoms with E-state index >= 15 is 0 Å². The van der Waals surface area contributed by atoms with Gasteiger partial charge in [0.15, 0.2) is 0 Å². The van der Waals surface area contributed by atoms with Crippen LogP contribution in [0, 0.1) is 0 Å². The van der Waals surface area contributed by atoms with E-state index in [1.165, 1.54) is 0 Å². The smallest absolute Gasteiger partial charge is 0.251 e. The Bertz CT molecular complexity index is 241. The van der Waals surface area contributed by atoms with E-state index in [-0.39, 0.29) is 5.91 Å². The minimum atomic E-state index is -0.0510. The van der Waals surface area contributed by atoms with E-state index in [1.807, 2.05) is 6.79 Å². The van der Waals surface area contributed by atoms with Crippen molar-refractivity contribution in [2.45, 2.75) is 0 Å². The van der Waals surface area contributed by atoms with Gasteiger partial charge in [-0.25, -0.2) is 0 Å². The first-order valence-corrected chi connectivity index (χ1v) is 3.34. The second-order valence-corrected chi connectivity index (χ2v) is 2.03. The zero-order valence-electron chi connectivity index (χ0n) is 6.80. The van der Waals surface area contributed by atoms with Gasteiger partial charge in [0.25, 0.3) is 5.91 Å². The van der Waals surface area contributed by atoms with Crippen LogP contribution in [0.4, 0.5) is 0 Å². The van der Waals surface area contributed by atoms with Crippen LogP contribution in [0.3, 0.4) is 0 Å². The van der Waals surface area contributed by atoms with Gasteiger partial charge < -0.3 is 10.1 Å². The standard InChI is InChI=1S/C8H9NO.CH2O/c1-3-6-5-9-8(10)7(6)4-2;1-2/h3-4H,1-2,5H2,(H,9,10);1H2. The lowest BCUT2D eigenvalue weighted by atomic mass is 10.1. The molecule has 0 saturated heterocycles. The maximum atomic E-state index is 10.9. The van der Waals surface area contributed by atoms with Crippen LogP contribution >= 0.6 is 0 Å². The molecule has 0 unspecified atom stereocenters. The number of nitrogens with one attached hydrogen (secondary N) is 1. The van der Waals surface area contributed by atoms with Crippen molar-refractivity contribution >= 4 is 12.7 Å². The summed E-state index contributed by atoms with van der Waals surface area (Å²) in [4.78, 5) is 18.9. The second-order valence-electron chi connectivity index (χ2n) is 2.03. The number of hydrogen-bond donors (Lipinski definition) is 1. The fraction of sp³-hybridized carbons (Fsp3) is 0.111.